The number of benzene rings is 4. The van der Waals surface area contributed by atoms with Crippen molar-refractivity contribution in [2.45, 2.75) is 49.2 Å². The molecule has 38 heavy (non-hydrogen) atoms. The summed E-state index contributed by atoms with van der Waals surface area (Å²) in [5.74, 6) is 2.13. The second kappa shape index (κ2) is 17.2. The van der Waals surface area contributed by atoms with Gasteiger partial charge in [-0.2, -0.15) is 0 Å². The second-order valence-corrected chi connectivity index (χ2v) is 13.6. The van der Waals surface area contributed by atoms with Gasteiger partial charge in [-0.1, -0.05) is 0 Å². The zero-order chi connectivity index (χ0) is 26.1. The molecular weight excluding hydrogens is 598 g/mol. The molecule has 0 aliphatic rings. The zero-order valence-electron chi connectivity index (χ0n) is 22.1. The summed E-state index contributed by atoms with van der Waals surface area (Å²) >= 11 is 0.880. The van der Waals surface area contributed by atoms with E-state index >= 15 is 0 Å². The molecule has 4 aromatic carbocycles. The minimum atomic E-state index is 0.440. The van der Waals surface area contributed by atoms with Gasteiger partial charge in [0.15, 0.2) is 0 Å². The molecule has 0 radical (unpaired) electrons. The van der Waals surface area contributed by atoms with Crippen LogP contribution in [0.3, 0.4) is 0 Å². The summed E-state index contributed by atoms with van der Waals surface area (Å²) in [6.07, 6.45) is 7.20. The number of hydrogen-bond donors (Lipinski definition) is 0. The van der Waals surface area contributed by atoms with E-state index in [1.807, 2.05) is 0 Å². The second-order valence-electron chi connectivity index (χ2n) is 9.24. The molecule has 0 aliphatic carbocycles. The van der Waals surface area contributed by atoms with Crippen molar-refractivity contribution in [1.29, 1.82) is 0 Å². The number of ether oxygens (including phenoxy) is 2. The summed E-state index contributed by atoms with van der Waals surface area (Å²) in [6, 6.07) is 38.6. The van der Waals surface area contributed by atoms with Crippen LogP contribution in [-0.2, 0) is 10.6 Å². The summed E-state index contributed by atoms with van der Waals surface area (Å²) in [7, 11) is 0. The van der Waals surface area contributed by atoms with E-state index in [4.69, 9.17) is 9.47 Å². The summed E-state index contributed by atoms with van der Waals surface area (Å²) in [5, 5.41) is 2.15. The number of hydrogen-bond acceptors (Lipinski definition) is 2. The van der Waals surface area contributed by atoms with E-state index in [9.17, 15) is 0 Å². The average Bonchev–Trinajstić information content (AvgIpc) is 2.98. The third kappa shape index (κ3) is 10.4. The summed E-state index contributed by atoms with van der Waals surface area (Å²) < 4.78 is 15.2. The van der Waals surface area contributed by atoms with E-state index in [2.05, 4.69) is 109 Å². The topological polar surface area (TPSA) is 18.5 Å². The van der Waals surface area contributed by atoms with Crippen LogP contribution in [-0.4, -0.2) is 43.1 Å². The van der Waals surface area contributed by atoms with Crippen LogP contribution in [0.15, 0.2) is 109 Å². The molecule has 0 saturated carbocycles. The van der Waals surface area contributed by atoms with Crippen molar-refractivity contribution in [3.8, 4) is 11.5 Å². The van der Waals surface area contributed by atoms with E-state index in [1.54, 1.807) is 0 Å². The minimum absolute atomic E-state index is 0.440. The molecule has 4 aromatic rings. The molecule has 0 saturated heterocycles. The first-order valence-electron chi connectivity index (χ1n) is 13.7. The van der Waals surface area contributed by atoms with Crippen molar-refractivity contribution < 1.29 is 9.47 Å². The molecule has 0 aromatic heterocycles. The molecule has 0 unspecified atom stereocenters. The van der Waals surface area contributed by atoms with Crippen LogP contribution >= 0.6 is 0 Å². The van der Waals surface area contributed by atoms with Gasteiger partial charge in [0.2, 0.25) is 0 Å². The molecule has 4 heteroatoms. The molecule has 4 rings (SSSR count). The van der Waals surface area contributed by atoms with Gasteiger partial charge in [-0.3, -0.25) is 0 Å². The van der Waals surface area contributed by atoms with E-state index in [0.717, 1.165) is 48.2 Å². The van der Waals surface area contributed by atoms with Crippen molar-refractivity contribution in [3.63, 3.8) is 0 Å². The summed E-state index contributed by atoms with van der Waals surface area (Å²) in [4.78, 5) is 0. The molecule has 0 bridgehead atoms. The molecule has 2 nitrogen and oxygen atoms in total. The third-order valence-electron chi connectivity index (χ3n) is 6.27. The van der Waals surface area contributed by atoms with Gasteiger partial charge < -0.3 is 0 Å². The molecule has 0 atom stereocenters. The van der Waals surface area contributed by atoms with Gasteiger partial charge in [-0.15, -0.1) is 0 Å². The third-order valence-corrected chi connectivity index (χ3v) is 10.7. The zero-order valence-corrected chi connectivity index (χ0v) is 25.5. The van der Waals surface area contributed by atoms with Gasteiger partial charge in [0, 0.05) is 0 Å². The Morgan fingerprint density at radius 1 is 0.395 bits per heavy atom. The number of para-hydroxylation sites is 2. The van der Waals surface area contributed by atoms with Crippen molar-refractivity contribution >= 4 is 38.8 Å². The van der Waals surface area contributed by atoms with Gasteiger partial charge in [0.25, 0.3) is 0 Å². The van der Waals surface area contributed by atoms with Crippen LogP contribution < -0.4 is 18.4 Å². The Balaban J connectivity index is 1.05. The first-order chi connectivity index (χ1) is 18.9. The predicted molar refractivity (Wildman–Crippen MR) is 163 cm³/mol. The van der Waals surface area contributed by atoms with Crippen LogP contribution in [0.25, 0.3) is 0 Å². The Morgan fingerprint density at radius 2 is 0.763 bits per heavy atom. The van der Waals surface area contributed by atoms with Gasteiger partial charge in [-0.25, -0.2) is 0 Å². The normalized spacial score (nSPS) is 10.8. The Morgan fingerprint density at radius 3 is 1.21 bits per heavy atom. The molecular formula is C34H38O2Se2. The Labute approximate surface area is 241 Å². The fraction of sp³-hybridized carbons (Fsp3) is 0.294. The van der Waals surface area contributed by atoms with Gasteiger partial charge in [0.05, 0.1) is 0 Å². The van der Waals surface area contributed by atoms with E-state index in [0.29, 0.717) is 29.9 Å². The maximum absolute atomic E-state index is 6.17. The number of unbranched alkanes of at least 4 members (excludes halogenated alkanes) is 5. The molecule has 198 valence electrons. The van der Waals surface area contributed by atoms with Crippen molar-refractivity contribution in [1.82, 2.24) is 0 Å². The first-order valence-corrected chi connectivity index (χ1v) is 17.8. The fourth-order valence-electron chi connectivity index (χ4n) is 4.16. The van der Waals surface area contributed by atoms with Gasteiger partial charge in [0.1, 0.15) is 0 Å². The quantitative estimate of drug-likeness (QED) is 0.0968. The average molecular weight is 637 g/mol. The predicted octanol–water partition coefficient (Wildman–Crippen LogP) is 6.54. The first kappa shape index (κ1) is 28.5. The fourth-order valence-corrected chi connectivity index (χ4v) is 7.98. The molecule has 0 aliphatic heterocycles. The van der Waals surface area contributed by atoms with Crippen LogP contribution in [0.1, 0.15) is 49.7 Å². The monoisotopic (exact) mass is 638 g/mol. The van der Waals surface area contributed by atoms with E-state index in [-0.39, 0.29) is 0 Å². The Bertz CT molecular complexity index is 1090. The van der Waals surface area contributed by atoms with Crippen molar-refractivity contribution in [2.75, 3.05) is 13.2 Å². The van der Waals surface area contributed by atoms with Gasteiger partial charge in [-0.05, 0) is 0 Å². The maximum atomic E-state index is 6.17. The van der Waals surface area contributed by atoms with Crippen molar-refractivity contribution in [3.05, 3.63) is 120 Å². The SMILES string of the molecule is c1ccc([Se]Cc2ccccc2OCCCCCCCCOc2ccccc2C[Se]c2ccccc2)cc1. The summed E-state index contributed by atoms with van der Waals surface area (Å²) in [6.45, 7) is 1.61. The molecule has 0 heterocycles. The molecule has 0 fully saturated rings. The molecule has 0 spiro atoms. The standard InChI is InChI=1S/C34H38O2Se2/c1(3-15-25-35-33-23-13-11-17-29(33)27-37-31-19-7-5-8-20-31)2-4-16-26-36-34-24-14-12-18-30(34)28-38-32-21-9-6-10-22-32/h5-14,17-24H,1-4,15-16,25-28H2. The Kier molecular flexibility index (Phi) is 12.9. The van der Waals surface area contributed by atoms with Gasteiger partial charge >= 0.3 is 243 Å². The van der Waals surface area contributed by atoms with E-state index in [1.165, 1.54) is 45.7 Å². The van der Waals surface area contributed by atoms with Crippen LogP contribution in [0, 0.1) is 0 Å². The van der Waals surface area contributed by atoms with Crippen LogP contribution in [0.4, 0.5) is 0 Å². The summed E-state index contributed by atoms with van der Waals surface area (Å²) in [5.41, 5.74) is 2.66. The van der Waals surface area contributed by atoms with E-state index < -0.39 is 0 Å². The van der Waals surface area contributed by atoms with Crippen LogP contribution in [0.5, 0.6) is 11.5 Å². The number of rotatable bonds is 17. The van der Waals surface area contributed by atoms with Crippen LogP contribution in [0.2, 0.25) is 0 Å². The molecule has 0 N–H and O–H groups in total. The Hall–Kier alpha value is -2.48. The molecule has 0 amide bonds. The van der Waals surface area contributed by atoms with Crippen molar-refractivity contribution in [2.24, 2.45) is 0 Å².